The molecule has 32 heavy (non-hydrogen) atoms. The number of nitrogens with zero attached hydrogens (tertiary/aromatic N) is 5. The normalized spacial score (nSPS) is 13.4. The summed E-state index contributed by atoms with van der Waals surface area (Å²) in [6.07, 6.45) is 6.52. The summed E-state index contributed by atoms with van der Waals surface area (Å²) in [7, 11) is 0. The molecule has 1 aliphatic heterocycles. The zero-order valence-corrected chi connectivity index (χ0v) is 17.3. The summed E-state index contributed by atoms with van der Waals surface area (Å²) >= 11 is 0. The van der Waals surface area contributed by atoms with Crippen molar-refractivity contribution in [2.24, 2.45) is 5.10 Å². The van der Waals surface area contributed by atoms with Crippen molar-refractivity contribution in [3.8, 4) is 12.3 Å². The van der Waals surface area contributed by atoms with Gasteiger partial charge in [0.05, 0.1) is 17.9 Å². The van der Waals surface area contributed by atoms with Crippen LogP contribution in [0.2, 0.25) is 0 Å². The van der Waals surface area contributed by atoms with Gasteiger partial charge in [0.15, 0.2) is 5.82 Å². The van der Waals surface area contributed by atoms with E-state index in [1.165, 1.54) is 10.8 Å². The molecule has 0 saturated carbocycles. The predicted octanol–water partition coefficient (Wildman–Crippen LogP) is 2.97. The Bertz CT molecular complexity index is 1340. The van der Waals surface area contributed by atoms with Gasteiger partial charge < -0.3 is 10.1 Å². The second kappa shape index (κ2) is 7.96. The molecule has 0 aliphatic carbocycles. The molecule has 1 N–H and O–H groups in total. The van der Waals surface area contributed by atoms with Gasteiger partial charge in [0.25, 0.3) is 11.8 Å². The Morgan fingerprint density at radius 1 is 1.25 bits per heavy atom. The molecule has 160 valence electrons. The first-order valence-electron chi connectivity index (χ1n) is 9.64. The topological polar surface area (TPSA) is 123 Å². The van der Waals surface area contributed by atoms with E-state index in [1.54, 1.807) is 44.2 Å². The maximum atomic E-state index is 12.8. The van der Waals surface area contributed by atoms with E-state index in [-0.39, 0.29) is 18.9 Å². The molecule has 0 atom stereocenters. The number of carbonyl (C=O) groups excluding carboxylic acids is 2. The minimum absolute atomic E-state index is 0.100. The van der Waals surface area contributed by atoms with Crippen LogP contribution in [0.15, 0.2) is 41.6 Å². The number of nitrogens with one attached hydrogen (secondary N) is 1. The SMILES string of the molecule is C#CCN1C(=O)c2cccc3c(N/N=C(\C)Cn4c([N+](=O)[O-])cnc4C)ccc(c23)C1=O. The minimum atomic E-state index is -0.496. The van der Waals surface area contributed by atoms with Crippen LogP contribution in [0, 0.1) is 29.4 Å². The van der Waals surface area contributed by atoms with Crippen LogP contribution in [0.4, 0.5) is 11.5 Å². The van der Waals surface area contributed by atoms with Gasteiger partial charge in [0, 0.05) is 28.8 Å². The number of anilines is 1. The molecule has 1 aromatic heterocycles. The zero-order valence-electron chi connectivity index (χ0n) is 17.3. The summed E-state index contributed by atoms with van der Waals surface area (Å²) < 4.78 is 1.45. The van der Waals surface area contributed by atoms with E-state index in [9.17, 15) is 19.7 Å². The number of imide groups is 1. The predicted molar refractivity (Wildman–Crippen MR) is 118 cm³/mol. The molecule has 0 bridgehead atoms. The number of hydrazone groups is 1. The van der Waals surface area contributed by atoms with Gasteiger partial charge >= 0.3 is 5.82 Å². The highest BCUT2D eigenvalue weighted by Gasteiger charge is 2.32. The lowest BCUT2D eigenvalue weighted by molar-refractivity contribution is -0.392. The molecule has 2 amide bonds. The van der Waals surface area contributed by atoms with Gasteiger partial charge in [0.1, 0.15) is 12.7 Å². The standard InChI is InChI=1S/C22H18N6O4/c1-4-10-26-21(29)16-7-5-6-15-18(9-8-17(20(15)16)22(26)30)25-24-13(2)12-27-14(3)23-11-19(27)28(31)32/h1,5-9,11,25H,10,12H2,2-3H3/b24-13+. The smallest absolute Gasteiger partial charge is 0.343 e. The molecule has 10 nitrogen and oxygen atoms in total. The number of hydrogen-bond acceptors (Lipinski definition) is 7. The van der Waals surface area contributed by atoms with Crippen LogP contribution in [0.25, 0.3) is 10.8 Å². The van der Waals surface area contributed by atoms with Crippen molar-refractivity contribution < 1.29 is 14.5 Å². The number of aryl methyl sites for hydroxylation is 1. The molecule has 10 heteroatoms. The average Bonchev–Trinajstić information content (AvgIpc) is 3.14. The van der Waals surface area contributed by atoms with Crippen LogP contribution in [0.3, 0.4) is 0 Å². The number of aromatic nitrogens is 2. The van der Waals surface area contributed by atoms with E-state index >= 15 is 0 Å². The van der Waals surface area contributed by atoms with Crippen molar-refractivity contribution in [1.82, 2.24) is 14.5 Å². The van der Waals surface area contributed by atoms with Crippen molar-refractivity contribution in [3.63, 3.8) is 0 Å². The molecule has 0 radical (unpaired) electrons. The van der Waals surface area contributed by atoms with Crippen molar-refractivity contribution in [2.45, 2.75) is 20.4 Å². The van der Waals surface area contributed by atoms with E-state index in [0.29, 0.717) is 39.1 Å². The highest BCUT2D eigenvalue weighted by molar-refractivity contribution is 6.26. The number of rotatable bonds is 6. The van der Waals surface area contributed by atoms with Gasteiger partial charge in [-0.25, -0.2) is 9.55 Å². The van der Waals surface area contributed by atoms with Gasteiger partial charge in [-0.05, 0) is 30.0 Å². The third kappa shape index (κ3) is 3.35. The molecular weight excluding hydrogens is 412 g/mol. The van der Waals surface area contributed by atoms with E-state index in [2.05, 4.69) is 21.4 Å². The molecule has 0 unspecified atom stereocenters. The van der Waals surface area contributed by atoms with Crippen LogP contribution in [-0.2, 0) is 6.54 Å². The van der Waals surface area contributed by atoms with E-state index in [4.69, 9.17) is 6.42 Å². The molecule has 1 aliphatic rings. The van der Waals surface area contributed by atoms with Gasteiger partial charge in [-0.15, -0.1) is 6.42 Å². The number of amides is 2. The summed E-state index contributed by atoms with van der Waals surface area (Å²) in [6.45, 7) is 3.48. The third-order valence-electron chi connectivity index (χ3n) is 5.22. The summed E-state index contributed by atoms with van der Waals surface area (Å²) in [5.74, 6) is 1.85. The number of nitro groups is 1. The molecule has 2 heterocycles. The molecule has 4 rings (SSSR count). The van der Waals surface area contributed by atoms with Gasteiger partial charge in [-0.1, -0.05) is 18.1 Å². The number of imidazole rings is 1. The fourth-order valence-electron chi connectivity index (χ4n) is 3.70. The van der Waals surface area contributed by atoms with Crippen molar-refractivity contribution >= 4 is 39.8 Å². The maximum absolute atomic E-state index is 12.8. The van der Waals surface area contributed by atoms with E-state index in [1.807, 2.05) is 0 Å². The van der Waals surface area contributed by atoms with Gasteiger partial charge in [-0.2, -0.15) is 5.10 Å². The van der Waals surface area contributed by atoms with E-state index < -0.39 is 16.7 Å². The van der Waals surface area contributed by atoms with Crippen molar-refractivity contribution in [1.29, 1.82) is 0 Å². The summed E-state index contributed by atoms with van der Waals surface area (Å²) in [4.78, 5) is 41.3. The first-order chi connectivity index (χ1) is 15.3. The maximum Gasteiger partial charge on any atom is 0.343 e. The Morgan fingerprint density at radius 2 is 1.97 bits per heavy atom. The van der Waals surface area contributed by atoms with Crippen LogP contribution < -0.4 is 5.43 Å². The van der Waals surface area contributed by atoms with Crippen LogP contribution in [0.5, 0.6) is 0 Å². The first-order valence-corrected chi connectivity index (χ1v) is 9.64. The number of carbonyl (C=O) groups is 2. The summed E-state index contributed by atoms with van der Waals surface area (Å²) in [5.41, 5.74) is 4.89. The molecule has 0 fully saturated rings. The Hall–Kier alpha value is -4.52. The number of terminal acetylenes is 1. The number of hydrogen-bond donors (Lipinski definition) is 1. The number of benzene rings is 2. The second-order valence-corrected chi connectivity index (χ2v) is 7.26. The quantitative estimate of drug-likeness (QED) is 0.211. The zero-order chi connectivity index (χ0) is 23.0. The third-order valence-corrected chi connectivity index (χ3v) is 5.22. The molecule has 3 aromatic rings. The van der Waals surface area contributed by atoms with Crippen molar-refractivity contribution in [2.75, 3.05) is 12.0 Å². The summed E-state index contributed by atoms with van der Waals surface area (Å²) in [5, 5.41) is 16.7. The fraction of sp³-hybridized carbons (Fsp3) is 0.182. The van der Waals surface area contributed by atoms with Gasteiger partial charge in [0.2, 0.25) is 0 Å². The lowest BCUT2D eigenvalue weighted by Gasteiger charge is -2.26. The minimum Gasteiger partial charge on any atom is -0.358 e. The second-order valence-electron chi connectivity index (χ2n) is 7.26. The summed E-state index contributed by atoms with van der Waals surface area (Å²) in [6, 6.07) is 8.50. The van der Waals surface area contributed by atoms with Crippen LogP contribution in [-0.4, -0.2) is 43.4 Å². The lowest BCUT2D eigenvalue weighted by atomic mass is 9.93. The monoisotopic (exact) mass is 430 g/mol. The Balaban J connectivity index is 1.68. The first kappa shape index (κ1) is 20.7. The molecule has 0 spiro atoms. The van der Waals surface area contributed by atoms with Crippen molar-refractivity contribution in [3.05, 3.63) is 63.6 Å². The molecular formula is C22H18N6O4. The average molecular weight is 430 g/mol. The Morgan fingerprint density at radius 3 is 2.66 bits per heavy atom. The molecule has 2 aromatic carbocycles. The highest BCUT2D eigenvalue weighted by atomic mass is 16.6. The Labute approximate surface area is 182 Å². The van der Waals surface area contributed by atoms with Crippen LogP contribution in [0.1, 0.15) is 33.5 Å². The largest absolute Gasteiger partial charge is 0.358 e. The van der Waals surface area contributed by atoms with E-state index in [0.717, 1.165) is 4.90 Å². The van der Waals surface area contributed by atoms with Crippen LogP contribution >= 0.6 is 0 Å². The highest BCUT2D eigenvalue weighted by Crippen LogP contribution is 2.34. The van der Waals surface area contributed by atoms with Gasteiger partial charge in [-0.3, -0.25) is 19.9 Å². The Kier molecular flexibility index (Phi) is 5.16. The molecule has 0 saturated heterocycles. The fourth-order valence-corrected chi connectivity index (χ4v) is 3.70. The lowest BCUT2D eigenvalue weighted by Crippen LogP contribution is -2.40.